The molecule has 0 heterocycles. The Morgan fingerprint density at radius 2 is 1.84 bits per heavy atom. The molecule has 0 spiro atoms. The average Bonchev–Trinajstić information content (AvgIpc) is 2.60. The molecule has 2 rings (SSSR count). The molecule has 0 aromatic heterocycles. The lowest BCUT2D eigenvalue weighted by Gasteiger charge is -2.47. The van der Waals surface area contributed by atoms with Gasteiger partial charge in [-0.2, -0.15) is 8.78 Å². The van der Waals surface area contributed by atoms with Crippen molar-refractivity contribution in [2.75, 3.05) is 0 Å². The molecule has 13 heteroatoms. The summed E-state index contributed by atoms with van der Waals surface area (Å²) < 4.78 is 43.8. The zero-order chi connectivity index (χ0) is 23.8. The highest BCUT2D eigenvalue weighted by molar-refractivity contribution is 6.46. The number of aliphatic imine (C=N–C) groups is 1. The van der Waals surface area contributed by atoms with Crippen LogP contribution in [0.25, 0.3) is 5.70 Å². The number of hydrogen-bond acceptors (Lipinski definition) is 6. The highest BCUT2D eigenvalue weighted by Gasteiger charge is 2.50. The van der Waals surface area contributed by atoms with Gasteiger partial charge in [-0.1, -0.05) is 6.92 Å². The molecule has 1 aliphatic rings. The second kappa shape index (κ2) is 8.96. The fourth-order valence-corrected chi connectivity index (χ4v) is 3.22. The summed E-state index contributed by atoms with van der Waals surface area (Å²) in [6, 6.07) is 2.90. The smallest absolute Gasteiger partial charge is 0.387 e. The molecule has 0 saturated heterocycles. The van der Waals surface area contributed by atoms with E-state index in [4.69, 9.17) is 37.1 Å². The van der Waals surface area contributed by atoms with E-state index in [9.17, 15) is 28.5 Å². The molecule has 5 N–H and O–H groups in total. The first kappa shape index (κ1) is 25.4. The van der Waals surface area contributed by atoms with Crippen molar-refractivity contribution in [2.45, 2.75) is 49.3 Å². The third-order valence-corrected chi connectivity index (χ3v) is 5.04. The number of ether oxygens (including phenoxy) is 1. The molecule has 0 amide bonds. The Morgan fingerprint density at radius 1 is 1.23 bits per heavy atom. The maximum atomic E-state index is 14.4. The van der Waals surface area contributed by atoms with Crippen LogP contribution >= 0.6 is 0 Å². The molecule has 1 saturated carbocycles. The number of benzene rings is 1. The van der Waals surface area contributed by atoms with Crippen molar-refractivity contribution in [3.8, 4) is 5.75 Å². The van der Waals surface area contributed by atoms with Gasteiger partial charge in [0, 0.05) is 22.4 Å². The van der Waals surface area contributed by atoms with E-state index in [0.717, 1.165) is 18.2 Å². The summed E-state index contributed by atoms with van der Waals surface area (Å²) in [7, 11) is 21.8. The number of aliphatic hydroxyl groups is 3. The SMILES string of the molecule is [B]C([B])(O)C([B])(/N=C1\C[C@H](C)CC\C1=C(\N)c1cc(OC(F)F)ccc1F)C([B])(O)O. The Balaban J connectivity index is 2.68. The molecule has 6 nitrogen and oxygen atoms in total. The van der Waals surface area contributed by atoms with E-state index in [1.165, 1.54) is 0 Å². The zero-order valence-electron chi connectivity index (χ0n) is 16.7. The van der Waals surface area contributed by atoms with Gasteiger partial charge in [-0.05, 0) is 49.0 Å². The van der Waals surface area contributed by atoms with E-state index in [-0.39, 0.29) is 47.1 Å². The van der Waals surface area contributed by atoms with Crippen molar-refractivity contribution < 1.29 is 33.2 Å². The van der Waals surface area contributed by atoms with Crippen LogP contribution in [0, 0.1) is 11.7 Å². The van der Waals surface area contributed by atoms with Crippen molar-refractivity contribution in [1.29, 1.82) is 0 Å². The van der Waals surface area contributed by atoms with Gasteiger partial charge in [-0.15, -0.1) is 0 Å². The lowest BCUT2D eigenvalue weighted by Crippen LogP contribution is -2.69. The molecule has 31 heavy (non-hydrogen) atoms. The fourth-order valence-electron chi connectivity index (χ4n) is 3.22. The molecule has 0 aliphatic heterocycles. The minimum Gasteiger partial charge on any atom is -0.435 e. The van der Waals surface area contributed by atoms with E-state index in [1.54, 1.807) is 0 Å². The lowest BCUT2D eigenvalue weighted by molar-refractivity contribution is -0.136. The van der Waals surface area contributed by atoms with Crippen LogP contribution in [0.5, 0.6) is 5.75 Å². The molecule has 1 aromatic rings. The predicted molar refractivity (Wildman–Crippen MR) is 112 cm³/mol. The molecular formula is C18H19B4F3N2O4. The Morgan fingerprint density at radius 3 is 2.35 bits per heavy atom. The molecule has 0 bridgehead atoms. The second-order valence-corrected chi connectivity index (χ2v) is 7.64. The number of allylic oxidation sites excluding steroid dienone is 1. The Kier molecular flexibility index (Phi) is 7.34. The van der Waals surface area contributed by atoms with Gasteiger partial charge in [-0.25, -0.2) is 4.39 Å². The minimum absolute atomic E-state index is 0.00565. The van der Waals surface area contributed by atoms with Gasteiger partial charge in [0.1, 0.15) is 40.8 Å². The molecule has 1 aliphatic carbocycles. The second-order valence-electron chi connectivity index (χ2n) is 7.64. The molecule has 1 aromatic carbocycles. The number of rotatable bonds is 6. The largest absolute Gasteiger partial charge is 0.435 e. The van der Waals surface area contributed by atoms with E-state index in [2.05, 4.69) is 9.73 Å². The Labute approximate surface area is 183 Å². The van der Waals surface area contributed by atoms with Crippen LogP contribution in [0.15, 0.2) is 28.8 Å². The zero-order valence-corrected chi connectivity index (χ0v) is 16.7. The molecule has 1 unspecified atom stereocenters. The molecule has 158 valence electrons. The van der Waals surface area contributed by atoms with Crippen LogP contribution in [0.4, 0.5) is 13.2 Å². The van der Waals surface area contributed by atoms with Crippen LogP contribution in [0.1, 0.15) is 31.7 Å². The van der Waals surface area contributed by atoms with Crippen molar-refractivity contribution >= 4 is 42.8 Å². The van der Waals surface area contributed by atoms with Crippen molar-refractivity contribution in [3.63, 3.8) is 0 Å². The Bertz CT molecular complexity index is 872. The van der Waals surface area contributed by atoms with E-state index >= 15 is 0 Å². The summed E-state index contributed by atoms with van der Waals surface area (Å²) >= 11 is 0. The van der Waals surface area contributed by atoms with E-state index < -0.39 is 29.0 Å². The van der Waals surface area contributed by atoms with Crippen LogP contribution in [0.3, 0.4) is 0 Å². The fraction of sp³-hybridized carbons (Fsp3) is 0.500. The summed E-state index contributed by atoms with van der Waals surface area (Å²) in [6.45, 7) is -1.28. The first-order valence-electron chi connectivity index (χ1n) is 9.22. The highest BCUT2D eigenvalue weighted by atomic mass is 19.3. The van der Waals surface area contributed by atoms with Crippen molar-refractivity contribution in [2.24, 2.45) is 16.6 Å². The number of hydrogen-bond donors (Lipinski definition) is 4. The molecule has 1 fully saturated rings. The quantitative estimate of drug-likeness (QED) is 0.378. The van der Waals surface area contributed by atoms with Crippen LogP contribution in [0.2, 0.25) is 0 Å². The number of nitrogens with zero attached hydrogens (tertiary/aromatic N) is 1. The van der Waals surface area contributed by atoms with Gasteiger partial charge in [0.2, 0.25) is 0 Å². The summed E-state index contributed by atoms with van der Waals surface area (Å²) in [5, 5.41) is 26.7. The van der Waals surface area contributed by atoms with Crippen molar-refractivity contribution in [3.05, 3.63) is 35.2 Å². The lowest BCUT2D eigenvalue weighted by atomic mass is 9.42. The minimum atomic E-state index is -3.35. The maximum absolute atomic E-state index is 14.4. The predicted octanol–water partition coefficient (Wildman–Crippen LogP) is 0.0127. The standard InChI is InChI=1S/C18H19B4F3N2O4/c1-8-2-4-10(13(6-8)27-16(19,17(20,21)28)18(22,29)30)14(26)11-7-9(31-15(24)25)3-5-12(11)23/h3,5,7-8,15,28-30H,2,4,6,26H2,1H3/b14-10-,27-13+/t8-,16?/m1/s1. The van der Waals surface area contributed by atoms with Gasteiger partial charge in [0.05, 0.1) is 5.44 Å². The Hall–Kier alpha value is -1.84. The normalized spacial score (nSPS) is 23.0. The average molecular weight is 428 g/mol. The van der Waals surface area contributed by atoms with Gasteiger partial charge in [0.25, 0.3) is 0 Å². The first-order valence-corrected chi connectivity index (χ1v) is 9.22. The number of nitrogens with two attached hydrogens (primary N) is 1. The first-order chi connectivity index (χ1) is 14.1. The summed E-state index contributed by atoms with van der Waals surface area (Å²) in [5.41, 5.74) is -0.300. The summed E-state index contributed by atoms with van der Waals surface area (Å²) in [4.78, 5) is 3.95. The topological polar surface area (TPSA) is 108 Å². The number of alkyl halides is 2. The van der Waals surface area contributed by atoms with Gasteiger partial charge in [-0.3, -0.25) is 4.99 Å². The van der Waals surface area contributed by atoms with Crippen LogP contribution in [-0.2, 0) is 0 Å². The van der Waals surface area contributed by atoms with Gasteiger partial charge < -0.3 is 25.8 Å². The van der Waals surface area contributed by atoms with E-state index in [0.29, 0.717) is 6.42 Å². The summed E-state index contributed by atoms with van der Waals surface area (Å²) in [6.07, 6.45) is 0.988. The van der Waals surface area contributed by atoms with Crippen LogP contribution < -0.4 is 10.5 Å². The molecular weight excluding hydrogens is 408 g/mol. The van der Waals surface area contributed by atoms with E-state index in [1.807, 2.05) is 6.92 Å². The maximum Gasteiger partial charge on any atom is 0.387 e. The van der Waals surface area contributed by atoms with Crippen molar-refractivity contribution in [1.82, 2.24) is 0 Å². The summed E-state index contributed by atoms with van der Waals surface area (Å²) in [5.74, 6) is -1.14. The highest BCUT2D eigenvalue weighted by Crippen LogP contribution is 2.35. The molecule has 2 atom stereocenters. The third-order valence-electron chi connectivity index (χ3n) is 5.04. The van der Waals surface area contributed by atoms with Crippen LogP contribution in [-0.4, -0.2) is 75.6 Å². The number of halogens is 3. The third kappa shape index (κ3) is 5.51. The van der Waals surface area contributed by atoms with Gasteiger partial charge in [0.15, 0.2) is 7.85 Å². The molecule has 8 radical (unpaired) electrons. The monoisotopic (exact) mass is 428 g/mol. The van der Waals surface area contributed by atoms with Gasteiger partial charge >= 0.3 is 6.61 Å².